The van der Waals surface area contributed by atoms with Crippen LogP contribution in [0.1, 0.15) is 15.9 Å². The van der Waals surface area contributed by atoms with E-state index < -0.39 is 17.9 Å². The van der Waals surface area contributed by atoms with E-state index in [1.807, 2.05) is 30.3 Å². The molecular weight excluding hydrogens is 512 g/mol. The minimum Gasteiger partial charge on any atom is -0.462 e. The van der Waals surface area contributed by atoms with Gasteiger partial charge < -0.3 is 15.8 Å². The summed E-state index contributed by atoms with van der Waals surface area (Å²) >= 11 is 0. The van der Waals surface area contributed by atoms with Crippen molar-refractivity contribution in [3.8, 4) is 11.3 Å². The standard InChI is InChI=1S/C28H26N8O4/c29-24(34-36-27(38)21-10-6-15-30-18-21)17-26(37)40-16-14-20-9-4-5-11-22(20)31-28(39)32-25-13-12-23(33-35-25)19-7-2-1-3-8-19/h1-13,15,17-18,34H,14,16,29H2,(H,36,38)(H2,31,32,35,39). The number of para-hydroxylation sites is 1. The van der Waals surface area contributed by atoms with Crippen LogP contribution in [0.4, 0.5) is 16.3 Å². The molecule has 2 heterocycles. The number of benzene rings is 2. The van der Waals surface area contributed by atoms with E-state index in [-0.39, 0.29) is 12.4 Å². The summed E-state index contributed by atoms with van der Waals surface area (Å²) in [5.74, 6) is -0.998. The highest BCUT2D eigenvalue weighted by atomic mass is 16.5. The number of esters is 1. The van der Waals surface area contributed by atoms with Crippen molar-refractivity contribution in [3.63, 3.8) is 0 Å². The second-order valence-electron chi connectivity index (χ2n) is 8.24. The smallest absolute Gasteiger partial charge is 0.334 e. The van der Waals surface area contributed by atoms with Gasteiger partial charge in [0.25, 0.3) is 5.91 Å². The summed E-state index contributed by atoms with van der Waals surface area (Å²) in [5.41, 5.74) is 13.7. The molecule has 0 fully saturated rings. The Morgan fingerprint density at radius 2 is 1.65 bits per heavy atom. The molecule has 6 N–H and O–H groups in total. The fraction of sp³-hybridized carbons (Fsp3) is 0.0714. The Hall–Kier alpha value is -5.78. The molecule has 0 aliphatic heterocycles. The number of pyridine rings is 1. The number of carbonyl (C=O) groups is 3. The molecule has 0 radical (unpaired) electrons. The molecule has 12 nitrogen and oxygen atoms in total. The molecule has 12 heteroatoms. The molecule has 0 aliphatic rings. The lowest BCUT2D eigenvalue weighted by atomic mass is 10.1. The van der Waals surface area contributed by atoms with E-state index in [1.54, 1.807) is 54.7 Å². The van der Waals surface area contributed by atoms with Crippen LogP contribution in [0.25, 0.3) is 11.3 Å². The Kier molecular flexibility index (Phi) is 9.32. The average molecular weight is 539 g/mol. The number of urea groups is 1. The predicted molar refractivity (Wildman–Crippen MR) is 148 cm³/mol. The lowest BCUT2D eigenvalue weighted by Crippen LogP contribution is -2.39. The van der Waals surface area contributed by atoms with Crippen LogP contribution < -0.4 is 27.2 Å². The summed E-state index contributed by atoms with van der Waals surface area (Å²) < 4.78 is 5.21. The van der Waals surface area contributed by atoms with E-state index in [0.29, 0.717) is 29.2 Å². The van der Waals surface area contributed by atoms with Crippen LogP contribution in [0.3, 0.4) is 0 Å². The normalized spacial score (nSPS) is 10.8. The van der Waals surface area contributed by atoms with E-state index in [4.69, 9.17) is 10.5 Å². The van der Waals surface area contributed by atoms with Gasteiger partial charge in [0.2, 0.25) is 0 Å². The zero-order valence-electron chi connectivity index (χ0n) is 21.2. The van der Waals surface area contributed by atoms with Crippen LogP contribution in [0.2, 0.25) is 0 Å². The summed E-state index contributed by atoms with van der Waals surface area (Å²) in [6.45, 7) is 0.0252. The fourth-order valence-corrected chi connectivity index (χ4v) is 3.46. The average Bonchev–Trinajstić information content (AvgIpc) is 2.98. The molecule has 2 aromatic carbocycles. The molecule has 202 valence electrons. The highest BCUT2D eigenvalue weighted by Crippen LogP contribution is 2.18. The molecule has 0 saturated carbocycles. The van der Waals surface area contributed by atoms with Gasteiger partial charge >= 0.3 is 12.0 Å². The molecule has 4 aromatic rings. The van der Waals surface area contributed by atoms with Gasteiger partial charge in [0.15, 0.2) is 5.82 Å². The number of hydrogen-bond acceptors (Lipinski definition) is 9. The zero-order valence-corrected chi connectivity index (χ0v) is 21.2. The summed E-state index contributed by atoms with van der Waals surface area (Å²) in [5, 5.41) is 13.6. The predicted octanol–water partition coefficient (Wildman–Crippen LogP) is 3.00. The van der Waals surface area contributed by atoms with Crippen molar-refractivity contribution in [2.45, 2.75) is 6.42 Å². The quantitative estimate of drug-likeness (QED) is 0.116. The van der Waals surface area contributed by atoms with Crippen molar-refractivity contribution < 1.29 is 19.1 Å². The van der Waals surface area contributed by atoms with E-state index in [9.17, 15) is 14.4 Å². The Bertz CT molecular complexity index is 1480. The summed E-state index contributed by atoms with van der Waals surface area (Å²) in [6, 6.07) is 22.8. The van der Waals surface area contributed by atoms with Gasteiger partial charge in [-0.25, -0.2) is 9.59 Å². The van der Waals surface area contributed by atoms with Crippen LogP contribution in [-0.4, -0.2) is 39.7 Å². The van der Waals surface area contributed by atoms with E-state index in [0.717, 1.165) is 17.2 Å². The third-order valence-electron chi connectivity index (χ3n) is 5.37. The molecule has 3 amide bonds. The maximum Gasteiger partial charge on any atom is 0.334 e. The molecular formula is C28H26N8O4. The van der Waals surface area contributed by atoms with Crippen molar-refractivity contribution >= 4 is 29.4 Å². The van der Waals surface area contributed by atoms with Gasteiger partial charge in [0, 0.05) is 30.1 Å². The van der Waals surface area contributed by atoms with Crippen molar-refractivity contribution in [1.82, 2.24) is 26.0 Å². The second kappa shape index (κ2) is 13.7. The van der Waals surface area contributed by atoms with Crippen LogP contribution in [0.15, 0.2) is 103 Å². The number of nitrogens with zero attached hydrogens (tertiary/aromatic N) is 3. The maximum atomic E-state index is 12.6. The third-order valence-corrected chi connectivity index (χ3v) is 5.37. The Labute approximate surface area is 229 Å². The van der Waals surface area contributed by atoms with Gasteiger partial charge in [0.05, 0.1) is 23.9 Å². The number of anilines is 2. The first-order valence-corrected chi connectivity index (χ1v) is 12.1. The molecule has 0 spiro atoms. The van der Waals surface area contributed by atoms with Crippen molar-refractivity contribution in [3.05, 3.63) is 114 Å². The third kappa shape index (κ3) is 8.11. The molecule has 0 saturated heterocycles. The van der Waals surface area contributed by atoms with Crippen LogP contribution in [-0.2, 0) is 16.0 Å². The molecule has 40 heavy (non-hydrogen) atoms. The number of aromatic nitrogens is 3. The fourth-order valence-electron chi connectivity index (χ4n) is 3.46. The molecule has 0 bridgehead atoms. The number of nitrogens with one attached hydrogen (secondary N) is 4. The molecule has 2 aromatic heterocycles. The first kappa shape index (κ1) is 27.3. The van der Waals surface area contributed by atoms with Crippen LogP contribution >= 0.6 is 0 Å². The zero-order chi connectivity index (χ0) is 28.2. The van der Waals surface area contributed by atoms with Gasteiger partial charge in [-0.3, -0.25) is 25.9 Å². The number of nitrogens with two attached hydrogens (primary N) is 1. The Morgan fingerprint density at radius 1 is 0.850 bits per heavy atom. The molecule has 0 unspecified atom stereocenters. The van der Waals surface area contributed by atoms with E-state index in [2.05, 4.69) is 36.7 Å². The van der Waals surface area contributed by atoms with Gasteiger partial charge in [-0.2, -0.15) is 0 Å². The highest BCUT2D eigenvalue weighted by Gasteiger charge is 2.10. The SMILES string of the molecule is NC(=CC(=O)OCCc1ccccc1NC(=O)Nc1ccc(-c2ccccc2)nn1)NNC(=O)c1cccnc1. The second-order valence-corrected chi connectivity index (χ2v) is 8.24. The Morgan fingerprint density at radius 3 is 2.40 bits per heavy atom. The first-order chi connectivity index (χ1) is 19.5. The number of hydrogen-bond donors (Lipinski definition) is 5. The highest BCUT2D eigenvalue weighted by molar-refractivity contribution is 5.99. The van der Waals surface area contributed by atoms with Crippen LogP contribution in [0.5, 0.6) is 0 Å². The Balaban J connectivity index is 1.24. The van der Waals surface area contributed by atoms with Gasteiger partial charge in [-0.1, -0.05) is 48.5 Å². The van der Waals surface area contributed by atoms with Crippen molar-refractivity contribution in [1.29, 1.82) is 0 Å². The van der Waals surface area contributed by atoms with E-state index in [1.165, 1.54) is 6.20 Å². The summed E-state index contributed by atoms with van der Waals surface area (Å²) in [6.07, 6.45) is 4.26. The summed E-state index contributed by atoms with van der Waals surface area (Å²) in [7, 11) is 0. The van der Waals surface area contributed by atoms with Crippen molar-refractivity contribution in [2.24, 2.45) is 5.73 Å². The minimum absolute atomic E-state index is 0.0252. The molecule has 4 rings (SSSR count). The number of carbonyl (C=O) groups excluding carboxylic acids is 3. The van der Waals surface area contributed by atoms with Gasteiger partial charge in [-0.05, 0) is 35.9 Å². The first-order valence-electron chi connectivity index (χ1n) is 12.1. The van der Waals surface area contributed by atoms with Gasteiger partial charge in [-0.15, -0.1) is 10.2 Å². The largest absolute Gasteiger partial charge is 0.462 e. The lowest BCUT2D eigenvalue weighted by molar-refractivity contribution is -0.137. The van der Waals surface area contributed by atoms with E-state index >= 15 is 0 Å². The number of amides is 3. The topological polar surface area (TPSA) is 173 Å². The monoisotopic (exact) mass is 538 g/mol. The molecule has 0 atom stereocenters. The number of hydrazine groups is 1. The lowest BCUT2D eigenvalue weighted by Gasteiger charge is -2.12. The number of ether oxygens (including phenoxy) is 1. The summed E-state index contributed by atoms with van der Waals surface area (Å²) in [4.78, 5) is 40.5. The maximum absolute atomic E-state index is 12.6. The number of rotatable bonds is 10. The minimum atomic E-state index is -0.707. The molecule has 0 aliphatic carbocycles. The van der Waals surface area contributed by atoms with Crippen LogP contribution in [0, 0.1) is 0 Å². The van der Waals surface area contributed by atoms with Gasteiger partial charge in [0.1, 0.15) is 5.82 Å². The van der Waals surface area contributed by atoms with Crippen molar-refractivity contribution in [2.75, 3.05) is 17.2 Å².